The first kappa shape index (κ1) is 26.3. The van der Waals surface area contributed by atoms with E-state index < -0.39 is 11.6 Å². The molecule has 6 nitrogen and oxygen atoms in total. The van der Waals surface area contributed by atoms with E-state index >= 15 is 0 Å². The number of morpholine rings is 1. The molecule has 1 heterocycles. The largest absolute Gasteiger partial charge is 0.489 e. The second-order valence-corrected chi connectivity index (χ2v) is 7.20. The van der Waals surface area contributed by atoms with Crippen molar-refractivity contribution in [3.05, 3.63) is 65.2 Å². The lowest BCUT2D eigenvalue weighted by molar-refractivity contribution is 0.0341. The molecule has 0 saturated carbocycles. The second kappa shape index (κ2) is 14.2. The summed E-state index contributed by atoms with van der Waals surface area (Å²) >= 11 is 0. The molecular weight excluding hydrogens is 529 g/mol. The van der Waals surface area contributed by atoms with E-state index in [2.05, 4.69) is 38.7 Å². The molecular formula is C23H31F2IN4O2. The summed E-state index contributed by atoms with van der Waals surface area (Å²) < 4.78 is 37.4. The van der Waals surface area contributed by atoms with Crippen LogP contribution in [-0.4, -0.2) is 56.9 Å². The van der Waals surface area contributed by atoms with Crippen molar-refractivity contribution in [2.45, 2.75) is 20.0 Å². The van der Waals surface area contributed by atoms with E-state index in [9.17, 15) is 8.78 Å². The number of nitrogens with zero attached hydrogens (tertiary/aromatic N) is 2. The van der Waals surface area contributed by atoms with Gasteiger partial charge in [-0.25, -0.2) is 13.8 Å². The summed E-state index contributed by atoms with van der Waals surface area (Å²) in [6, 6.07) is 11.6. The fourth-order valence-corrected chi connectivity index (χ4v) is 3.29. The molecule has 176 valence electrons. The third kappa shape index (κ3) is 8.51. The quantitative estimate of drug-likeness (QED) is 0.213. The van der Waals surface area contributed by atoms with E-state index in [-0.39, 0.29) is 36.3 Å². The minimum atomic E-state index is -0.711. The standard InChI is InChI=1S/C23H30F2N4O2.HI/c1-2-26-23(27-9-12-31-22-8-7-20(24)15-21(22)25)28-16-18-5-3-4-6-19(18)17-29-10-13-30-14-11-29;/h3-8,15H,2,9-14,16-17H2,1H3,(H2,26,27,28);1H. The van der Waals surface area contributed by atoms with Crippen LogP contribution in [0.15, 0.2) is 47.5 Å². The molecule has 0 aliphatic carbocycles. The molecule has 9 heteroatoms. The van der Waals surface area contributed by atoms with Crippen LogP contribution in [0.25, 0.3) is 0 Å². The van der Waals surface area contributed by atoms with Gasteiger partial charge in [0.05, 0.1) is 26.3 Å². The number of ether oxygens (including phenoxy) is 2. The monoisotopic (exact) mass is 560 g/mol. The summed E-state index contributed by atoms with van der Waals surface area (Å²) in [4.78, 5) is 7.07. The summed E-state index contributed by atoms with van der Waals surface area (Å²) in [7, 11) is 0. The number of hydrogen-bond donors (Lipinski definition) is 2. The van der Waals surface area contributed by atoms with Crippen LogP contribution in [0.5, 0.6) is 5.75 Å². The first-order valence-corrected chi connectivity index (χ1v) is 10.6. The lowest BCUT2D eigenvalue weighted by Gasteiger charge is -2.27. The average Bonchev–Trinajstić information content (AvgIpc) is 2.77. The van der Waals surface area contributed by atoms with Gasteiger partial charge in [-0.05, 0) is 30.2 Å². The number of hydrogen-bond acceptors (Lipinski definition) is 4. The summed E-state index contributed by atoms with van der Waals surface area (Å²) in [5.74, 6) is -0.648. The van der Waals surface area contributed by atoms with Crippen LogP contribution >= 0.6 is 24.0 Å². The van der Waals surface area contributed by atoms with Crippen LogP contribution in [0.4, 0.5) is 8.78 Å². The first-order chi connectivity index (χ1) is 15.2. The Kier molecular flexibility index (Phi) is 11.7. The topological polar surface area (TPSA) is 58.1 Å². The second-order valence-electron chi connectivity index (χ2n) is 7.20. The number of halogens is 3. The van der Waals surface area contributed by atoms with Gasteiger partial charge in [-0.1, -0.05) is 24.3 Å². The fourth-order valence-electron chi connectivity index (χ4n) is 3.29. The Labute approximate surface area is 205 Å². The molecule has 2 aromatic rings. The Morgan fingerprint density at radius 3 is 2.56 bits per heavy atom. The van der Waals surface area contributed by atoms with Gasteiger partial charge in [-0.3, -0.25) is 4.90 Å². The smallest absolute Gasteiger partial charge is 0.191 e. The van der Waals surface area contributed by atoms with Crippen molar-refractivity contribution >= 4 is 29.9 Å². The van der Waals surface area contributed by atoms with E-state index in [1.165, 1.54) is 23.3 Å². The molecule has 0 bridgehead atoms. The molecule has 1 aliphatic rings. The van der Waals surface area contributed by atoms with Crippen molar-refractivity contribution in [1.29, 1.82) is 0 Å². The Morgan fingerprint density at radius 1 is 1.09 bits per heavy atom. The number of guanidine groups is 1. The van der Waals surface area contributed by atoms with Crippen LogP contribution in [0.2, 0.25) is 0 Å². The van der Waals surface area contributed by atoms with Crippen molar-refractivity contribution < 1.29 is 18.3 Å². The zero-order valence-corrected chi connectivity index (χ0v) is 20.6. The Morgan fingerprint density at radius 2 is 1.84 bits per heavy atom. The van der Waals surface area contributed by atoms with Gasteiger partial charge >= 0.3 is 0 Å². The summed E-state index contributed by atoms with van der Waals surface area (Å²) in [5.41, 5.74) is 2.44. The third-order valence-corrected chi connectivity index (χ3v) is 4.91. The number of aliphatic imine (C=N–C) groups is 1. The molecule has 0 amide bonds. The maximum absolute atomic E-state index is 13.6. The zero-order valence-electron chi connectivity index (χ0n) is 18.3. The normalized spacial score (nSPS) is 14.5. The molecule has 0 unspecified atom stereocenters. The summed E-state index contributed by atoms with van der Waals surface area (Å²) in [5, 5.41) is 6.39. The van der Waals surface area contributed by atoms with E-state index in [1.54, 1.807) is 0 Å². The lowest BCUT2D eigenvalue weighted by atomic mass is 10.1. The average molecular weight is 560 g/mol. The number of nitrogens with one attached hydrogen (secondary N) is 2. The Bertz CT molecular complexity index is 864. The molecule has 2 N–H and O–H groups in total. The molecule has 0 aromatic heterocycles. The molecule has 1 fully saturated rings. The fraction of sp³-hybridized carbons (Fsp3) is 0.435. The summed E-state index contributed by atoms with van der Waals surface area (Å²) in [6.07, 6.45) is 0. The van der Waals surface area contributed by atoms with Crippen LogP contribution in [0.1, 0.15) is 18.1 Å². The van der Waals surface area contributed by atoms with Crippen molar-refractivity contribution in [2.75, 3.05) is 46.0 Å². The SMILES string of the molecule is CCNC(=NCc1ccccc1CN1CCOCC1)NCCOc1ccc(F)cc1F.I. The first-order valence-electron chi connectivity index (χ1n) is 10.6. The molecule has 0 atom stereocenters. The molecule has 0 spiro atoms. The Hall–Kier alpha value is -1.98. The van der Waals surface area contributed by atoms with Gasteiger partial charge in [0.2, 0.25) is 0 Å². The minimum absolute atomic E-state index is 0. The molecule has 32 heavy (non-hydrogen) atoms. The van der Waals surface area contributed by atoms with Crippen molar-refractivity contribution in [2.24, 2.45) is 4.99 Å². The minimum Gasteiger partial charge on any atom is -0.489 e. The molecule has 1 aliphatic heterocycles. The summed E-state index contributed by atoms with van der Waals surface area (Å²) in [6.45, 7) is 8.23. The highest BCUT2D eigenvalue weighted by atomic mass is 127. The van der Waals surface area contributed by atoms with Crippen molar-refractivity contribution in [3.8, 4) is 5.75 Å². The van der Waals surface area contributed by atoms with Crippen molar-refractivity contribution in [1.82, 2.24) is 15.5 Å². The predicted molar refractivity (Wildman–Crippen MR) is 133 cm³/mol. The van der Waals surface area contributed by atoms with E-state index in [0.29, 0.717) is 25.6 Å². The lowest BCUT2D eigenvalue weighted by Crippen LogP contribution is -2.39. The third-order valence-electron chi connectivity index (χ3n) is 4.91. The van der Waals surface area contributed by atoms with Gasteiger partial charge in [0.15, 0.2) is 17.5 Å². The van der Waals surface area contributed by atoms with Gasteiger partial charge in [0, 0.05) is 32.2 Å². The molecule has 3 rings (SSSR count). The molecule has 2 aromatic carbocycles. The van der Waals surface area contributed by atoms with Crippen molar-refractivity contribution in [3.63, 3.8) is 0 Å². The van der Waals surface area contributed by atoms with Gasteiger partial charge < -0.3 is 20.1 Å². The van der Waals surface area contributed by atoms with Gasteiger partial charge in [-0.15, -0.1) is 24.0 Å². The van der Waals surface area contributed by atoms with Crippen LogP contribution in [-0.2, 0) is 17.8 Å². The molecule has 0 radical (unpaired) electrons. The van der Waals surface area contributed by atoms with E-state index in [4.69, 9.17) is 9.47 Å². The van der Waals surface area contributed by atoms with Gasteiger partial charge in [-0.2, -0.15) is 0 Å². The van der Waals surface area contributed by atoms with Crippen LogP contribution in [0.3, 0.4) is 0 Å². The Balaban J connectivity index is 0.00000363. The highest BCUT2D eigenvalue weighted by molar-refractivity contribution is 14.0. The maximum Gasteiger partial charge on any atom is 0.191 e. The highest BCUT2D eigenvalue weighted by Crippen LogP contribution is 2.17. The molecule has 1 saturated heterocycles. The highest BCUT2D eigenvalue weighted by Gasteiger charge is 2.12. The van der Waals surface area contributed by atoms with Crippen LogP contribution < -0.4 is 15.4 Å². The number of rotatable bonds is 9. The maximum atomic E-state index is 13.6. The zero-order chi connectivity index (χ0) is 21.9. The van der Waals surface area contributed by atoms with Gasteiger partial charge in [0.25, 0.3) is 0 Å². The predicted octanol–water partition coefficient (Wildman–Crippen LogP) is 3.55. The van der Waals surface area contributed by atoms with Gasteiger partial charge in [0.1, 0.15) is 12.4 Å². The van der Waals surface area contributed by atoms with Crippen LogP contribution in [0, 0.1) is 11.6 Å². The number of benzene rings is 2. The van der Waals surface area contributed by atoms with E-state index in [0.717, 1.165) is 38.9 Å². The van der Waals surface area contributed by atoms with E-state index in [1.807, 2.05) is 13.0 Å².